The molecule has 3 aromatic rings. The summed E-state index contributed by atoms with van der Waals surface area (Å²) < 4.78 is 44.5. The minimum absolute atomic E-state index is 0.0273. The Kier molecular flexibility index (Phi) is 11.0. The number of imide groups is 1. The summed E-state index contributed by atoms with van der Waals surface area (Å²) in [6, 6.07) is 6.22. The van der Waals surface area contributed by atoms with Crippen molar-refractivity contribution in [3.63, 3.8) is 0 Å². The van der Waals surface area contributed by atoms with Crippen molar-refractivity contribution in [3.8, 4) is 17.2 Å². The van der Waals surface area contributed by atoms with E-state index in [1.54, 1.807) is 65.7 Å². The largest absolute Gasteiger partial charge is 0.492 e. The molecule has 0 aliphatic carbocycles. The molecule has 3 heterocycles. The second-order valence-corrected chi connectivity index (χ2v) is 11.5. The van der Waals surface area contributed by atoms with E-state index in [9.17, 15) is 14.0 Å². The van der Waals surface area contributed by atoms with Crippen LogP contribution in [0.25, 0.3) is 5.69 Å². The summed E-state index contributed by atoms with van der Waals surface area (Å²) in [5.41, 5.74) is 6.95. The van der Waals surface area contributed by atoms with E-state index in [4.69, 9.17) is 29.4 Å². The van der Waals surface area contributed by atoms with E-state index < -0.39 is 29.7 Å². The number of ether oxygens (including phenoxy) is 5. The summed E-state index contributed by atoms with van der Waals surface area (Å²) >= 11 is 0. The zero-order valence-corrected chi connectivity index (χ0v) is 26.6. The molecule has 0 fully saturated rings. The summed E-state index contributed by atoms with van der Waals surface area (Å²) in [6.45, 7) is 6.07. The summed E-state index contributed by atoms with van der Waals surface area (Å²) in [6.07, 6.45) is 5.25. The fourth-order valence-corrected chi connectivity index (χ4v) is 5.25. The number of halogens is 1. The lowest BCUT2D eigenvalue weighted by atomic mass is 9.90. The highest BCUT2D eigenvalue weighted by molar-refractivity contribution is 6.09. The Morgan fingerprint density at radius 3 is 2.60 bits per heavy atom. The number of carbonyl (C=O) groups excluding carboxylic acids is 2. The summed E-state index contributed by atoms with van der Waals surface area (Å²) in [7, 11) is 4.46. The van der Waals surface area contributed by atoms with Crippen LogP contribution in [0.1, 0.15) is 62.0 Å². The lowest BCUT2D eigenvalue weighted by molar-refractivity contribution is -0.107. The van der Waals surface area contributed by atoms with Crippen LogP contribution in [0.2, 0.25) is 0 Å². The van der Waals surface area contributed by atoms with Crippen molar-refractivity contribution in [1.82, 2.24) is 14.5 Å². The van der Waals surface area contributed by atoms with E-state index in [1.807, 2.05) is 4.57 Å². The van der Waals surface area contributed by atoms with Crippen molar-refractivity contribution in [2.75, 3.05) is 46.3 Å². The highest BCUT2D eigenvalue weighted by atomic mass is 19.1. The van der Waals surface area contributed by atoms with Gasteiger partial charge in [-0.25, -0.2) is 14.1 Å². The number of anilines is 2. The van der Waals surface area contributed by atoms with Gasteiger partial charge in [-0.05, 0) is 64.8 Å². The first kappa shape index (κ1) is 33.7. The Labute approximate surface area is 262 Å². The minimum atomic E-state index is -0.834. The molecule has 0 saturated heterocycles. The number of nitrogens with zero attached hydrogens (tertiary/aromatic N) is 3. The normalized spacial score (nSPS) is 14.8. The molecule has 3 N–H and O–H groups in total. The molecular formula is C32H42FN5O7. The Morgan fingerprint density at radius 1 is 1.18 bits per heavy atom. The molecule has 12 nitrogen and oxygen atoms in total. The van der Waals surface area contributed by atoms with E-state index in [1.165, 1.54) is 19.2 Å². The molecule has 4 rings (SSSR count). The molecule has 2 aromatic heterocycles. The molecule has 2 amide bonds. The van der Waals surface area contributed by atoms with Gasteiger partial charge in [-0.15, -0.1) is 0 Å². The van der Waals surface area contributed by atoms with E-state index in [0.717, 1.165) is 4.90 Å². The first-order valence-corrected chi connectivity index (χ1v) is 14.7. The van der Waals surface area contributed by atoms with Gasteiger partial charge in [0.25, 0.3) is 5.91 Å². The maximum atomic E-state index is 14.7. The summed E-state index contributed by atoms with van der Waals surface area (Å²) in [5, 5.41) is 3.19. The standard InChI is InChI=1S/C32H42FN5O7/c1-32(2,3)45-31(40)38-18-20(11-12-26(41-4)42-5)28-27(30(38)39)23(36-22-10-7-9-21(33)29(22)43-6)19-37(28)24-13-15-35-17-25(24)44-16-8-14-34/h7,9-10,13,15,17,19-20,26,36H,8,11-12,14,16,18,34H2,1-6H3. The van der Waals surface area contributed by atoms with Crippen molar-refractivity contribution in [3.05, 3.63) is 59.9 Å². The van der Waals surface area contributed by atoms with Gasteiger partial charge < -0.3 is 39.3 Å². The number of methoxy groups -OCH3 is 3. The topological polar surface area (TPSA) is 139 Å². The first-order chi connectivity index (χ1) is 21.5. The quantitative estimate of drug-likeness (QED) is 0.188. The molecule has 1 unspecified atom stereocenters. The monoisotopic (exact) mass is 627 g/mol. The lowest BCUT2D eigenvalue weighted by Gasteiger charge is -2.34. The number of nitrogens with two attached hydrogens (primary N) is 1. The van der Waals surface area contributed by atoms with Crippen LogP contribution in [0.3, 0.4) is 0 Å². The van der Waals surface area contributed by atoms with Crippen LogP contribution in [-0.4, -0.2) is 79.4 Å². The van der Waals surface area contributed by atoms with Gasteiger partial charge in [-0.1, -0.05) is 6.07 Å². The fourth-order valence-electron chi connectivity index (χ4n) is 5.25. The third-order valence-electron chi connectivity index (χ3n) is 7.25. The lowest BCUT2D eigenvalue weighted by Crippen LogP contribution is -2.46. The van der Waals surface area contributed by atoms with Gasteiger partial charge in [-0.3, -0.25) is 9.78 Å². The van der Waals surface area contributed by atoms with E-state index in [2.05, 4.69) is 10.3 Å². The highest BCUT2D eigenvalue weighted by Gasteiger charge is 2.42. The Balaban J connectivity index is 1.93. The van der Waals surface area contributed by atoms with Gasteiger partial charge >= 0.3 is 6.09 Å². The molecule has 1 aliphatic rings. The highest BCUT2D eigenvalue weighted by Crippen LogP contribution is 2.43. The van der Waals surface area contributed by atoms with Gasteiger partial charge in [0, 0.05) is 44.8 Å². The van der Waals surface area contributed by atoms with Crippen LogP contribution in [0.15, 0.2) is 42.9 Å². The van der Waals surface area contributed by atoms with Crippen molar-refractivity contribution in [2.45, 2.75) is 57.8 Å². The minimum Gasteiger partial charge on any atom is -0.492 e. The molecular weight excluding hydrogens is 585 g/mol. The Bertz CT molecular complexity index is 1490. The molecule has 0 radical (unpaired) electrons. The third-order valence-corrected chi connectivity index (χ3v) is 7.25. The molecule has 0 spiro atoms. The van der Waals surface area contributed by atoms with Gasteiger partial charge in [-0.2, -0.15) is 0 Å². The molecule has 45 heavy (non-hydrogen) atoms. The number of hydrogen-bond donors (Lipinski definition) is 2. The number of amides is 2. The average Bonchev–Trinajstić information content (AvgIpc) is 3.37. The van der Waals surface area contributed by atoms with Crippen LogP contribution in [-0.2, 0) is 14.2 Å². The van der Waals surface area contributed by atoms with Crippen molar-refractivity contribution in [1.29, 1.82) is 0 Å². The second-order valence-electron chi connectivity index (χ2n) is 11.5. The molecule has 1 aromatic carbocycles. The van der Waals surface area contributed by atoms with E-state index in [0.29, 0.717) is 60.9 Å². The zero-order valence-electron chi connectivity index (χ0n) is 26.6. The number of hydrogen-bond acceptors (Lipinski definition) is 10. The van der Waals surface area contributed by atoms with Crippen LogP contribution in [0, 0.1) is 5.82 Å². The number of carbonyl (C=O) groups is 2. The predicted octanol–water partition coefficient (Wildman–Crippen LogP) is 5.36. The second kappa shape index (κ2) is 14.7. The average molecular weight is 628 g/mol. The van der Waals surface area contributed by atoms with Crippen molar-refractivity contribution < 1.29 is 37.7 Å². The van der Waals surface area contributed by atoms with Crippen LogP contribution in [0.4, 0.5) is 20.6 Å². The van der Waals surface area contributed by atoms with E-state index >= 15 is 0 Å². The Morgan fingerprint density at radius 2 is 1.93 bits per heavy atom. The molecule has 13 heteroatoms. The molecule has 1 atom stereocenters. The number of fused-ring (bicyclic) bond motifs is 1. The predicted molar refractivity (Wildman–Crippen MR) is 166 cm³/mol. The first-order valence-electron chi connectivity index (χ1n) is 14.7. The molecule has 0 bridgehead atoms. The van der Waals surface area contributed by atoms with Crippen LogP contribution in [0.5, 0.6) is 11.5 Å². The van der Waals surface area contributed by atoms with Gasteiger partial charge in [0.2, 0.25) is 0 Å². The number of nitrogens with one attached hydrogen (secondary N) is 1. The molecule has 0 saturated carbocycles. The SMILES string of the molecule is COc1c(F)cccc1Nc1cn(-c2ccncc2OCCCN)c2c1C(=O)N(C(=O)OC(C)(C)C)CC2CCC(OC)OC. The van der Waals surface area contributed by atoms with Crippen molar-refractivity contribution in [2.24, 2.45) is 5.73 Å². The Hall–Kier alpha value is -4.20. The number of pyridine rings is 1. The number of aromatic nitrogens is 2. The number of benzene rings is 1. The zero-order chi connectivity index (χ0) is 32.7. The smallest absolute Gasteiger partial charge is 0.417 e. The fraction of sp³-hybridized carbons (Fsp3) is 0.469. The summed E-state index contributed by atoms with van der Waals surface area (Å²) in [5.74, 6) is -1.08. The van der Waals surface area contributed by atoms with Gasteiger partial charge in [0.05, 0.1) is 42.5 Å². The van der Waals surface area contributed by atoms with Gasteiger partial charge in [0.1, 0.15) is 5.60 Å². The van der Waals surface area contributed by atoms with Crippen molar-refractivity contribution >= 4 is 23.4 Å². The maximum absolute atomic E-state index is 14.7. The molecule has 1 aliphatic heterocycles. The van der Waals surface area contributed by atoms with Gasteiger partial charge in [0.15, 0.2) is 23.6 Å². The van der Waals surface area contributed by atoms with E-state index in [-0.39, 0.29) is 23.8 Å². The molecule has 244 valence electrons. The maximum Gasteiger partial charge on any atom is 0.417 e. The van der Waals surface area contributed by atoms with Crippen LogP contribution < -0.4 is 20.5 Å². The summed E-state index contributed by atoms with van der Waals surface area (Å²) in [4.78, 5) is 33.0. The number of para-hydroxylation sites is 1. The number of rotatable bonds is 13. The van der Waals surface area contributed by atoms with Crippen LogP contribution >= 0.6 is 0 Å². The third kappa shape index (κ3) is 7.72.